The van der Waals surface area contributed by atoms with Gasteiger partial charge in [-0.1, -0.05) is 37.6 Å². The zero-order chi connectivity index (χ0) is 14.5. The number of nitrogens with zero attached hydrogens (tertiary/aromatic N) is 2. The SMILES string of the molecule is CCOc1cccc(-c2noc([C@@H](N)C(C)CC)n2)c1. The number of hydrogen-bond donors (Lipinski definition) is 1. The predicted octanol–water partition coefficient (Wildman–Crippen LogP) is 3.18. The molecule has 0 amide bonds. The first-order chi connectivity index (χ1) is 9.65. The summed E-state index contributed by atoms with van der Waals surface area (Å²) in [6.07, 6.45) is 0.971. The van der Waals surface area contributed by atoms with Crippen LogP contribution in [0.15, 0.2) is 28.8 Å². The Morgan fingerprint density at radius 3 is 2.85 bits per heavy atom. The minimum atomic E-state index is -0.226. The average molecular weight is 275 g/mol. The van der Waals surface area contributed by atoms with Gasteiger partial charge < -0.3 is 15.0 Å². The van der Waals surface area contributed by atoms with Crippen LogP contribution in [-0.2, 0) is 0 Å². The normalized spacial score (nSPS) is 14.0. The van der Waals surface area contributed by atoms with E-state index in [1.54, 1.807) is 0 Å². The van der Waals surface area contributed by atoms with Gasteiger partial charge in [0, 0.05) is 5.56 Å². The molecule has 5 nitrogen and oxygen atoms in total. The lowest BCUT2D eigenvalue weighted by molar-refractivity contribution is 0.312. The van der Waals surface area contributed by atoms with E-state index in [1.165, 1.54) is 0 Å². The lowest BCUT2D eigenvalue weighted by atomic mass is 10.0. The third-order valence-corrected chi connectivity index (χ3v) is 3.39. The number of ether oxygens (including phenoxy) is 1. The molecule has 108 valence electrons. The third-order valence-electron chi connectivity index (χ3n) is 3.39. The van der Waals surface area contributed by atoms with E-state index in [1.807, 2.05) is 31.2 Å². The Hall–Kier alpha value is -1.88. The fraction of sp³-hybridized carbons (Fsp3) is 0.467. The van der Waals surface area contributed by atoms with Crippen LogP contribution in [0.3, 0.4) is 0 Å². The molecule has 1 aromatic carbocycles. The summed E-state index contributed by atoms with van der Waals surface area (Å²) in [5.74, 6) is 2.12. The van der Waals surface area contributed by atoms with Gasteiger partial charge in [-0.2, -0.15) is 4.98 Å². The highest BCUT2D eigenvalue weighted by molar-refractivity contribution is 5.56. The lowest BCUT2D eigenvalue weighted by Gasteiger charge is -2.12. The standard InChI is InChI=1S/C15H21N3O2/c1-4-10(3)13(16)15-17-14(18-20-15)11-7-6-8-12(9-11)19-5-2/h6-10,13H,4-5,16H2,1-3H3/t10?,13-/m0/s1. The number of aromatic nitrogens is 2. The molecule has 0 saturated carbocycles. The molecule has 2 rings (SSSR count). The van der Waals surface area contributed by atoms with Crippen molar-refractivity contribution in [1.29, 1.82) is 0 Å². The quantitative estimate of drug-likeness (QED) is 0.876. The zero-order valence-corrected chi connectivity index (χ0v) is 12.2. The fourth-order valence-corrected chi connectivity index (χ4v) is 1.88. The van der Waals surface area contributed by atoms with E-state index < -0.39 is 0 Å². The zero-order valence-electron chi connectivity index (χ0n) is 12.2. The number of rotatable bonds is 6. The summed E-state index contributed by atoms with van der Waals surface area (Å²) in [6.45, 7) is 6.74. The van der Waals surface area contributed by atoms with Gasteiger partial charge in [-0.25, -0.2) is 0 Å². The minimum Gasteiger partial charge on any atom is -0.494 e. The van der Waals surface area contributed by atoms with E-state index >= 15 is 0 Å². The Bertz CT molecular complexity index is 554. The number of benzene rings is 1. The summed E-state index contributed by atoms with van der Waals surface area (Å²) in [5.41, 5.74) is 6.96. The van der Waals surface area contributed by atoms with E-state index in [0.717, 1.165) is 17.7 Å². The topological polar surface area (TPSA) is 74.2 Å². The second-order valence-electron chi connectivity index (χ2n) is 4.83. The van der Waals surface area contributed by atoms with E-state index in [4.69, 9.17) is 15.0 Å². The van der Waals surface area contributed by atoms with Gasteiger partial charge in [0.2, 0.25) is 11.7 Å². The molecule has 5 heteroatoms. The second kappa shape index (κ2) is 6.52. The summed E-state index contributed by atoms with van der Waals surface area (Å²) in [7, 11) is 0. The largest absolute Gasteiger partial charge is 0.494 e. The highest BCUT2D eigenvalue weighted by Gasteiger charge is 2.20. The molecule has 0 aliphatic heterocycles. The maximum Gasteiger partial charge on any atom is 0.244 e. The van der Waals surface area contributed by atoms with E-state index in [-0.39, 0.29) is 6.04 Å². The van der Waals surface area contributed by atoms with Gasteiger partial charge in [0.25, 0.3) is 0 Å². The number of nitrogens with two attached hydrogens (primary N) is 1. The van der Waals surface area contributed by atoms with Crippen molar-refractivity contribution >= 4 is 0 Å². The van der Waals surface area contributed by atoms with Gasteiger partial charge in [-0.3, -0.25) is 0 Å². The van der Waals surface area contributed by atoms with Crippen LogP contribution in [-0.4, -0.2) is 16.7 Å². The van der Waals surface area contributed by atoms with Crippen LogP contribution in [0.5, 0.6) is 5.75 Å². The minimum absolute atomic E-state index is 0.226. The first-order valence-electron chi connectivity index (χ1n) is 6.98. The summed E-state index contributed by atoms with van der Waals surface area (Å²) >= 11 is 0. The molecule has 2 N–H and O–H groups in total. The van der Waals surface area contributed by atoms with E-state index in [2.05, 4.69) is 24.0 Å². The van der Waals surface area contributed by atoms with E-state index in [0.29, 0.717) is 24.2 Å². The molecule has 0 saturated heterocycles. The fourth-order valence-electron chi connectivity index (χ4n) is 1.88. The molecule has 1 aromatic heterocycles. The molecule has 0 aliphatic rings. The molecular weight excluding hydrogens is 254 g/mol. The Morgan fingerprint density at radius 2 is 2.15 bits per heavy atom. The summed E-state index contributed by atoms with van der Waals surface area (Å²) in [6, 6.07) is 7.40. The second-order valence-corrected chi connectivity index (χ2v) is 4.83. The van der Waals surface area contributed by atoms with Crippen molar-refractivity contribution in [3.63, 3.8) is 0 Å². The molecule has 0 radical (unpaired) electrons. The Kier molecular flexibility index (Phi) is 4.74. The van der Waals surface area contributed by atoms with Gasteiger partial charge in [-0.05, 0) is 25.0 Å². The summed E-state index contributed by atoms with van der Waals surface area (Å²) < 4.78 is 10.7. The van der Waals surface area contributed by atoms with Gasteiger partial charge >= 0.3 is 0 Å². The molecule has 2 aromatic rings. The van der Waals surface area contributed by atoms with Crippen molar-refractivity contribution in [2.75, 3.05) is 6.61 Å². The van der Waals surface area contributed by atoms with E-state index in [9.17, 15) is 0 Å². The van der Waals surface area contributed by atoms with Crippen LogP contribution in [0.25, 0.3) is 11.4 Å². The van der Waals surface area contributed by atoms with Crippen LogP contribution in [0.2, 0.25) is 0 Å². The van der Waals surface area contributed by atoms with Crippen molar-refractivity contribution in [2.45, 2.75) is 33.2 Å². The first-order valence-corrected chi connectivity index (χ1v) is 6.98. The highest BCUT2D eigenvalue weighted by Crippen LogP contribution is 2.25. The van der Waals surface area contributed by atoms with Crippen LogP contribution in [0, 0.1) is 5.92 Å². The van der Waals surface area contributed by atoms with Gasteiger partial charge in [-0.15, -0.1) is 0 Å². The van der Waals surface area contributed by atoms with Crippen LogP contribution >= 0.6 is 0 Å². The lowest BCUT2D eigenvalue weighted by Crippen LogP contribution is -2.18. The molecule has 0 bridgehead atoms. The van der Waals surface area contributed by atoms with Crippen LogP contribution in [0.4, 0.5) is 0 Å². The van der Waals surface area contributed by atoms with Crippen LogP contribution < -0.4 is 10.5 Å². The van der Waals surface area contributed by atoms with Gasteiger partial charge in [0.1, 0.15) is 5.75 Å². The van der Waals surface area contributed by atoms with Crippen molar-refractivity contribution in [3.05, 3.63) is 30.2 Å². The summed E-state index contributed by atoms with van der Waals surface area (Å²) in [5, 5.41) is 4.00. The van der Waals surface area contributed by atoms with Gasteiger partial charge in [0.15, 0.2) is 0 Å². The molecule has 0 spiro atoms. The first kappa shape index (κ1) is 14.5. The predicted molar refractivity (Wildman–Crippen MR) is 77.3 cm³/mol. The molecular formula is C15H21N3O2. The average Bonchev–Trinajstić information content (AvgIpc) is 2.96. The summed E-state index contributed by atoms with van der Waals surface area (Å²) in [4.78, 5) is 4.39. The van der Waals surface area contributed by atoms with Crippen molar-refractivity contribution < 1.29 is 9.26 Å². The van der Waals surface area contributed by atoms with Crippen molar-refractivity contribution in [1.82, 2.24) is 10.1 Å². The molecule has 1 heterocycles. The Labute approximate surface area is 119 Å². The van der Waals surface area contributed by atoms with Crippen LogP contribution in [0.1, 0.15) is 39.1 Å². The Balaban J connectivity index is 2.22. The number of hydrogen-bond acceptors (Lipinski definition) is 5. The third kappa shape index (κ3) is 3.17. The highest BCUT2D eigenvalue weighted by atomic mass is 16.5. The van der Waals surface area contributed by atoms with Crippen molar-refractivity contribution in [3.8, 4) is 17.1 Å². The molecule has 2 atom stereocenters. The molecule has 1 unspecified atom stereocenters. The van der Waals surface area contributed by atoms with Crippen molar-refractivity contribution in [2.24, 2.45) is 11.7 Å². The van der Waals surface area contributed by atoms with Gasteiger partial charge in [0.05, 0.1) is 12.6 Å². The monoisotopic (exact) mass is 275 g/mol. The smallest absolute Gasteiger partial charge is 0.244 e. The molecule has 20 heavy (non-hydrogen) atoms. The maximum absolute atomic E-state index is 6.10. The Morgan fingerprint density at radius 1 is 1.35 bits per heavy atom. The maximum atomic E-state index is 6.10. The molecule has 0 fully saturated rings. The molecule has 0 aliphatic carbocycles.